The molecule has 0 amide bonds. The average molecular weight is 253 g/mol. The van der Waals surface area contributed by atoms with Crippen LogP contribution in [0.3, 0.4) is 0 Å². The van der Waals surface area contributed by atoms with Gasteiger partial charge in [0.1, 0.15) is 5.60 Å². The van der Waals surface area contributed by atoms with Crippen LogP contribution < -0.4 is 5.32 Å². The molecule has 5 heteroatoms. The monoisotopic (exact) mass is 253 g/mol. The van der Waals surface area contributed by atoms with Gasteiger partial charge in [-0.25, -0.2) is 0 Å². The van der Waals surface area contributed by atoms with Crippen LogP contribution in [0.2, 0.25) is 0 Å². The van der Waals surface area contributed by atoms with E-state index in [0.29, 0.717) is 11.7 Å². The summed E-state index contributed by atoms with van der Waals surface area (Å²) in [5, 5.41) is 7.25. The average Bonchev–Trinajstić information content (AvgIpc) is 2.78. The first kappa shape index (κ1) is 13.5. The topological polar surface area (TPSA) is 60.2 Å². The van der Waals surface area contributed by atoms with Gasteiger partial charge in [-0.3, -0.25) is 0 Å². The third-order valence-corrected chi connectivity index (χ3v) is 3.95. The fourth-order valence-electron chi connectivity index (χ4n) is 2.54. The van der Waals surface area contributed by atoms with Crippen LogP contribution in [0.4, 0.5) is 0 Å². The van der Waals surface area contributed by atoms with Gasteiger partial charge in [0.15, 0.2) is 0 Å². The third kappa shape index (κ3) is 2.57. The zero-order valence-corrected chi connectivity index (χ0v) is 11.5. The van der Waals surface area contributed by atoms with Crippen molar-refractivity contribution in [3.63, 3.8) is 0 Å². The lowest BCUT2D eigenvalue weighted by Crippen LogP contribution is -2.29. The summed E-state index contributed by atoms with van der Waals surface area (Å²) >= 11 is 0. The molecule has 0 spiro atoms. The fourth-order valence-corrected chi connectivity index (χ4v) is 2.54. The summed E-state index contributed by atoms with van der Waals surface area (Å²) in [4.78, 5) is 4.52. The zero-order valence-electron chi connectivity index (χ0n) is 11.5. The highest BCUT2D eigenvalue weighted by atomic mass is 16.5. The molecule has 0 radical (unpaired) electrons. The van der Waals surface area contributed by atoms with E-state index in [9.17, 15) is 0 Å². The Bertz CT molecular complexity index is 370. The highest BCUT2D eigenvalue weighted by Gasteiger charge is 2.37. The molecule has 1 heterocycles. The molecule has 5 nitrogen and oxygen atoms in total. The summed E-state index contributed by atoms with van der Waals surface area (Å²) in [5.74, 6) is 1.34. The van der Waals surface area contributed by atoms with E-state index < -0.39 is 0 Å². The standard InChI is InChI=1S/C13H23N3O2/c1-10(14-2)11-15-12(16-18-11)13(17-3)8-6-4-5-7-9-13/h10,14H,4-9H2,1-3H3. The van der Waals surface area contributed by atoms with Gasteiger partial charge in [0.05, 0.1) is 6.04 Å². The van der Waals surface area contributed by atoms with Crippen LogP contribution in [0.5, 0.6) is 0 Å². The summed E-state index contributed by atoms with van der Waals surface area (Å²) in [5.41, 5.74) is -0.342. The van der Waals surface area contributed by atoms with E-state index in [-0.39, 0.29) is 11.6 Å². The lowest BCUT2D eigenvalue weighted by molar-refractivity contribution is -0.0365. The van der Waals surface area contributed by atoms with Crippen LogP contribution in [0, 0.1) is 0 Å². The summed E-state index contributed by atoms with van der Waals surface area (Å²) in [6.07, 6.45) is 6.83. The van der Waals surface area contributed by atoms with E-state index in [1.807, 2.05) is 14.0 Å². The van der Waals surface area contributed by atoms with Gasteiger partial charge >= 0.3 is 0 Å². The molecule has 0 aliphatic heterocycles. The molecule has 1 aromatic heterocycles. The van der Waals surface area contributed by atoms with Crippen molar-refractivity contribution in [1.29, 1.82) is 0 Å². The van der Waals surface area contributed by atoms with E-state index in [4.69, 9.17) is 9.26 Å². The van der Waals surface area contributed by atoms with Gasteiger partial charge in [-0.05, 0) is 26.8 Å². The SMILES string of the molecule is CNC(C)c1nc(C2(OC)CCCCCC2)no1. The molecule has 18 heavy (non-hydrogen) atoms. The van der Waals surface area contributed by atoms with Crippen molar-refractivity contribution in [2.45, 2.75) is 57.1 Å². The van der Waals surface area contributed by atoms with E-state index in [0.717, 1.165) is 12.8 Å². The molecule has 0 bridgehead atoms. The molecular weight excluding hydrogens is 230 g/mol. The van der Waals surface area contributed by atoms with Crippen LogP contribution in [-0.4, -0.2) is 24.3 Å². The quantitative estimate of drug-likeness (QED) is 0.836. The van der Waals surface area contributed by atoms with E-state index in [1.54, 1.807) is 7.11 Å². The number of hydrogen-bond donors (Lipinski definition) is 1. The fraction of sp³-hybridized carbons (Fsp3) is 0.846. The lowest BCUT2D eigenvalue weighted by atomic mass is 9.93. The molecule has 2 rings (SSSR count). The normalized spacial score (nSPS) is 21.5. The molecule has 0 saturated heterocycles. The molecule has 0 aromatic carbocycles. The summed E-state index contributed by atoms with van der Waals surface area (Å²) in [6, 6.07) is 0.0749. The molecule has 1 N–H and O–H groups in total. The maximum atomic E-state index is 5.77. The number of hydrogen-bond acceptors (Lipinski definition) is 5. The van der Waals surface area contributed by atoms with Crippen molar-refractivity contribution in [3.05, 3.63) is 11.7 Å². The smallest absolute Gasteiger partial charge is 0.243 e. The molecule has 1 aliphatic carbocycles. The Kier molecular flexibility index (Phi) is 4.35. The van der Waals surface area contributed by atoms with Crippen molar-refractivity contribution < 1.29 is 9.26 Å². The largest absolute Gasteiger partial charge is 0.370 e. The molecule has 1 unspecified atom stereocenters. The van der Waals surface area contributed by atoms with Gasteiger partial charge in [0.2, 0.25) is 11.7 Å². The molecule has 102 valence electrons. The lowest BCUT2D eigenvalue weighted by Gasteiger charge is -2.27. The highest BCUT2D eigenvalue weighted by Crippen LogP contribution is 2.37. The number of methoxy groups -OCH3 is 1. The summed E-state index contributed by atoms with van der Waals surface area (Å²) in [7, 11) is 3.63. The molecule has 1 atom stereocenters. The second-order valence-electron chi connectivity index (χ2n) is 5.08. The minimum atomic E-state index is -0.342. The first-order valence-corrected chi connectivity index (χ1v) is 6.78. The molecule has 1 fully saturated rings. The van der Waals surface area contributed by atoms with Crippen LogP contribution >= 0.6 is 0 Å². The molecular formula is C13H23N3O2. The Morgan fingerprint density at radius 1 is 1.28 bits per heavy atom. The number of nitrogens with zero attached hydrogens (tertiary/aromatic N) is 2. The van der Waals surface area contributed by atoms with Crippen LogP contribution in [0.1, 0.15) is 63.2 Å². The molecule has 1 aliphatic rings. The number of nitrogens with one attached hydrogen (secondary N) is 1. The van der Waals surface area contributed by atoms with Gasteiger partial charge < -0.3 is 14.6 Å². The Morgan fingerprint density at radius 3 is 2.50 bits per heavy atom. The zero-order chi connectivity index (χ0) is 13.0. The minimum absolute atomic E-state index is 0.0749. The van der Waals surface area contributed by atoms with E-state index in [1.165, 1.54) is 25.7 Å². The number of rotatable bonds is 4. The first-order valence-electron chi connectivity index (χ1n) is 6.78. The van der Waals surface area contributed by atoms with Crippen LogP contribution in [-0.2, 0) is 10.3 Å². The number of ether oxygens (including phenoxy) is 1. The summed E-state index contributed by atoms with van der Waals surface area (Å²) < 4.78 is 11.1. The maximum Gasteiger partial charge on any atom is 0.243 e. The Hall–Kier alpha value is -0.940. The van der Waals surface area contributed by atoms with E-state index in [2.05, 4.69) is 15.5 Å². The summed E-state index contributed by atoms with van der Waals surface area (Å²) in [6.45, 7) is 2.00. The van der Waals surface area contributed by atoms with Gasteiger partial charge in [-0.2, -0.15) is 4.98 Å². The molecule has 1 aromatic rings. The predicted octanol–water partition coefficient (Wildman–Crippen LogP) is 2.55. The molecule has 1 saturated carbocycles. The Morgan fingerprint density at radius 2 is 1.94 bits per heavy atom. The van der Waals surface area contributed by atoms with Crippen LogP contribution in [0.15, 0.2) is 4.52 Å². The predicted molar refractivity (Wildman–Crippen MR) is 68.2 cm³/mol. The Balaban J connectivity index is 2.23. The van der Waals surface area contributed by atoms with Gasteiger partial charge in [-0.15, -0.1) is 0 Å². The van der Waals surface area contributed by atoms with Crippen molar-refractivity contribution in [1.82, 2.24) is 15.5 Å². The highest BCUT2D eigenvalue weighted by molar-refractivity contribution is 5.04. The van der Waals surface area contributed by atoms with Crippen molar-refractivity contribution in [2.75, 3.05) is 14.2 Å². The van der Waals surface area contributed by atoms with Crippen molar-refractivity contribution in [2.24, 2.45) is 0 Å². The third-order valence-electron chi connectivity index (χ3n) is 3.95. The van der Waals surface area contributed by atoms with Crippen molar-refractivity contribution in [3.8, 4) is 0 Å². The maximum absolute atomic E-state index is 5.77. The number of aromatic nitrogens is 2. The first-order chi connectivity index (χ1) is 8.72. The minimum Gasteiger partial charge on any atom is -0.370 e. The van der Waals surface area contributed by atoms with E-state index >= 15 is 0 Å². The Labute approximate surface area is 108 Å². The second kappa shape index (κ2) is 5.80. The van der Waals surface area contributed by atoms with Gasteiger partial charge in [-0.1, -0.05) is 30.8 Å². The van der Waals surface area contributed by atoms with Gasteiger partial charge in [0.25, 0.3) is 0 Å². The van der Waals surface area contributed by atoms with Crippen LogP contribution in [0.25, 0.3) is 0 Å². The van der Waals surface area contributed by atoms with Gasteiger partial charge in [0, 0.05) is 7.11 Å². The second-order valence-corrected chi connectivity index (χ2v) is 5.08. The van der Waals surface area contributed by atoms with Crippen molar-refractivity contribution >= 4 is 0 Å².